The molecule has 27 aromatic rings. The first kappa shape index (κ1) is 76.4. The molecule has 132 heavy (non-hydrogen) atoms. The predicted molar refractivity (Wildman–Crippen MR) is 542 cm³/mol. The van der Waals surface area contributed by atoms with Gasteiger partial charge in [0.05, 0.1) is 16.6 Å². The largest absolute Gasteiger partial charge is 0.256 e. The zero-order valence-corrected chi connectivity index (χ0v) is 70.8. The Morgan fingerprint density at radius 3 is 0.780 bits per heavy atom. The summed E-state index contributed by atoms with van der Waals surface area (Å²) in [5, 5.41) is 30.9. The van der Waals surface area contributed by atoms with Crippen LogP contribution in [-0.4, -0.2) is 64.8 Å². The van der Waals surface area contributed by atoms with Gasteiger partial charge in [-0.15, -0.1) is 0 Å². The zero-order chi connectivity index (χ0) is 87.1. The summed E-state index contributed by atoms with van der Waals surface area (Å²) in [6, 6.07) is 142. The Bertz CT molecular complexity index is 8910. The first-order valence-corrected chi connectivity index (χ1v) is 44.0. The van der Waals surface area contributed by atoms with Crippen LogP contribution in [0.4, 0.5) is 0 Å². The molecule has 6 aromatic heterocycles. The molecule has 13 heteroatoms. The van der Waals surface area contributed by atoms with Crippen molar-refractivity contribution in [2.45, 2.75) is 0 Å². The lowest BCUT2D eigenvalue weighted by Crippen LogP contribution is -2.02. The zero-order valence-electron chi connectivity index (χ0n) is 70.8. The molecule has 0 atom stereocenters. The second kappa shape index (κ2) is 32.1. The summed E-state index contributed by atoms with van der Waals surface area (Å²) in [5.41, 5.74) is 11.3. The van der Waals surface area contributed by atoms with Gasteiger partial charge in [0.2, 0.25) is 0 Å². The highest BCUT2D eigenvalue weighted by molar-refractivity contribution is 6.15. The number of fused-ring (bicyclic) bond motifs is 15. The monoisotopic (exact) mass is 1680 g/mol. The molecule has 0 saturated carbocycles. The van der Waals surface area contributed by atoms with Gasteiger partial charge in [0.1, 0.15) is 6.33 Å². The number of hydrogen-bond donors (Lipinski definition) is 0. The van der Waals surface area contributed by atoms with Crippen LogP contribution in [0.25, 0.3) is 264 Å². The number of hydrogen-bond acceptors (Lipinski definition) is 13. The van der Waals surface area contributed by atoms with Crippen LogP contribution < -0.4 is 0 Å². The minimum absolute atomic E-state index is 0.605. The fraction of sp³-hybridized carbons (Fsp3) is 0. The van der Waals surface area contributed by atoms with Crippen LogP contribution in [0.3, 0.4) is 0 Å². The molecular weight excluding hydrogens is 1610 g/mol. The van der Waals surface area contributed by atoms with Crippen molar-refractivity contribution in [2.24, 2.45) is 0 Å². The first-order valence-electron chi connectivity index (χ1n) is 44.0. The van der Waals surface area contributed by atoms with E-state index in [1.807, 2.05) is 67.1 Å². The number of benzene rings is 21. The van der Waals surface area contributed by atoms with Crippen molar-refractivity contribution in [3.05, 3.63) is 431 Å². The Morgan fingerprint density at radius 2 is 0.394 bits per heavy atom. The molecule has 6 heterocycles. The van der Waals surface area contributed by atoms with Gasteiger partial charge in [-0.25, -0.2) is 54.8 Å². The summed E-state index contributed by atoms with van der Waals surface area (Å²) in [6.07, 6.45) is 7.01. The van der Waals surface area contributed by atoms with Gasteiger partial charge >= 0.3 is 0 Å². The van der Waals surface area contributed by atoms with Crippen LogP contribution in [-0.2, 0) is 0 Å². The molecule has 612 valence electrons. The van der Waals surface area contributed by atoms with E-state index in [0.29, 0.717) is 52.4 Å². The van der Waals surface area contributed by atoms with Crippen molar-refractivity contribution in [1.82, 2.24) is 64.8 Å². The summed E-state index contributed by atoms with van der Waals surface area (Å²) < 4.78 is 0. The molecule has 0 radical (unpaired) electrons. The normalized spacial score (nSPS) is 11.6. The second-order valence-electron chi connectivity index (χ2n) is 33.4. The highest BCUT2D eigenvalue weighted by atomic mass is 15.1. The van der Waals surface area contributed by atoms with E-state index < -0.39 is 0 Å². The minimum atomic E-state index is 0.605. The Balaban J connectivity index is 0.000000106. The van der Waals surface area contributed by atoms with Gasteiger partial charge in [0.15, 0.2) is 52.4 Å². The Kier molecular flexibility index (Phi) is 18.6. The SMILES string of the molecule is c1ccc2cc3c(-c4nc(-c5ccc6ncccc6c5)nc(-c5cccc6cc7ccccc7cc56)n4)cccc3cc2c1.c1ccc2cc3cc(-c4nc(-c5ccc6cc7ccccc7cc6c5)nc(-c5ccc6ncncc6c5)n4)ccc3cc2c1.c1cnc2ccc(-c3nc(-c4c5ccccc5cc5ccccc45)nc(-c4c5ccccc5cc5ccccc45)n3)cc2c1. The Labute approximate surface area is 755 Å². The van der Waals surface area contributed by atoms with E-state index in [4.69, 9.17) is 44.9 Å². The van der Waals surface area contributed by atoms with Gasteiger partial charge in [-0.2, -0.15) is 0 Å². The summed E-state index contributed by atoms with van der Waals surface area (Å²) in [6.45, 7) is 0. The van der Waals surface area contributed by atoms with E-state index in [9.17, 15) is 0 Å². The molecule has 0 N–H and O–H groups in total. The molecule has 0 saturated heterocycles. The van der Waals surface area contributed by atoms with E-state index in [-0.39, 0.29) is 0 Å². The third-order valence-electron chi connectivity index (χ3n) is 25.3. The maximum Gasteiger partial charge on any atom is 0.165 e. The maximum atomic E-state index is 5.33. The molecule has 0 bridgehead atoms. The molecule has 0 aliphatic rings. The van der Waals surface area contributed by atoms with Crippen LogP contribution in [0, 0.1) is 0 Å². The van der Waals surface area contributed by atoms with Crippen molar-refractivity contribution >= 4 is 162 Å². The highest BCUT2D eigenvalue weighted by Gasteiger charge is 2.24. The van der Waals surface area contributed by atoms with E-state index in [1.54, 1.807) is 6.33 Å². The van der Waals surface area contributed by atoms with E-state index in [2.05, 4.69) is 378 Å². The Morgan fingerprint density at radius 1 is 0.144 bits per heavy atom. The lowest BCUT2D eigenvalue weighted by atomic mass is 9.95. The van der Waals surface area contributed by atoms with Crippen molar-refractivity contribution < 1.29 is 0 Å². The molecule has 13 nitrogen and oxygen atoms in total. The third-order valence-corrected chi connectivity index (χ3v) is 25.3. The van der Waals surface area contributed by atoms with E-state index in [1.165, 1.54) is 53.9 Å². The summed E-state index contributed by atoms with van der Waals surface area (Å²) >= 11 is 0. The van der Waals surface area contributed by atoms with Crippen molar-refractivity contribution in [3.8, 4) is 102 Å². The average Bonchev–Trinajstić information content (AvgIpc) is 0.739. The summed E-state index contributed by atoms with van der Waals surface area (Å²) in [4.78, 5) is 63.9. The molecule has 0 amide bonds. The first-order chi connectivity index (χ1) is 65.3. The molecule has 0 fully saturated rings. The van der Waals surface area contributed by atoms with Gasteiger partial charge in [0, 0.05) is 84.8 Å². The maximum absolute atomic E-state index is 5.33. The average molecular weight is 1680 g/mol. The molecular formula is C119H71N13. The van der Waals surface area contributed by atoms with Gasteiger partial charge < -0.3 is 0 Å². The molecule has 0 aliphatic carbocycles. The second-order valence-corrected chi connectivity index (χ2v) is 33.4. The standard InChI is InChI=1S/2C40H24N4.C39H23N5/c1-5-15-31-25(10-1)22-26-11-2-6-16-32(26)36(31)39-42-38(30-19-20-35-29(24-30)14-9-21-41-35)43-40(44-39)37-33-17-7-3-12-27(33)23-28-13-4-8-18-34(28)37;1-3-10-27-23-35-29(20-25(27)8-1)12-5-15-33(35)39-42-38(32-17-18-37-31(22-32)14-7-19-41-37)43-40(44-39)34-16-6-13-30-21-26-9-2-4-11-28(26)24-36(30)34;1-3-7-26-17-33-19-30(11-9-28(33)15-24(26)5-1)37-42-38(44-39(43-37)32-13-14-36-35(21-32)22-40-23-41-36)31-12-10-29-16-25-6-2-4-8-27(25)18-34(29)20-31/h2*1-24H;1-23H. The number of pyridine rings is 2. The molecule has 27 rings (SSSR count). The van der Waals surface area contributed by atoms with Gasteiger partial charge in [-0.05, 0) is 269 Å². The van der Waals surface area contributed by atoms with Gasteiger partial charge in [0.25, 0.3) is 0 Å². The third kappa shape index (κ3) is 14.2. The van der Waals surface area contributed by atoms with Gasteiger partial charge in [-0.3, -0.25) is 9.97 Å². The van der Waals surface area contributed by atoms with Crippen LogP contribution in [0.1, 0.15) is 0 Å². The number of aromatic nitrogens is 13. The summed E-state index contributed by atoms with van der Waals surface area (Å²) in [5.74, 6) is 5.72. The molecule has 21 aromatic carbocycles. The lowest BCUT2D eigenvalue weighted by molar-refractivity contribution is 1.08. The lowest BCUT2D eigenvalue weighted by Gasteiger charge is -2.15. The van der Waals surface area contributed by atoms with Gasteiger partial charge in [-0.1, -0.05) is 267 Å². The minimum Gasteiger partial charge on any atom is -0.256 e. The van der Waals surface area contributed by atoms with Crippen molar-refractivity contribution in [3.63, 3.8) is 0 Å². The molecule has 0 unspecified atom stereocenters. The fourth-order valence-corrected chi connectivity index (χ4v) is 18.8. The summed E-state index contributed by atoms with van der Waals surface area (Å²) in [7, 11) is 0. The quantitative estimate of drug-likeness (QED) is 0.125. The van der Waals surface area contributed by atoms with Crippen LogP contribution in [0.15, 0.2) is 431 Å². The van der Waals surface area contributed by atoms with Crippen molar-refractivity contribution in [1.29, 1.82) is 0 Å². The smallest absolute Gasteiger partial charge is 0.165 e. The Hall–Kier alpha value is -18.1. The van der Waals surface area contributed by atoms with Crippen LogP contribution in [0.2, 0.25) is 0 Å². The predicted octanol–water partition coefficient (Wildman–Crippen LogP) is 29.5. The van der Waals surface area contributed by atoms with E-state index in [0.717, 1.165) is 158 Å². The molecule has 0 aliphatic heterocycles. The van der Waals surface area contributed by atoms with Crippen LogP contribution >= 0.6 is 0 Å². The molecule has 0 spiro atoms. The fourth-order valence-electron chi connectivity index (χ4n) is 18.8. The van der Waals surface area contributed by atoms with Crippen molar-refractivity contribution in [2.75, 3.05) is 0 Å². The van der Waals surface area contributed by atoms with Crippen LogP contribution in [0.5, 0.6) is 0 Å². The number of rotatable bonds is 9. The van der Waals surface area contributed by atoms with E-state index >= 15 is 0 Å². The highest BCUT2D eigenvalue weighted by Crippen LogP contribution is 2.43. The number of nitrogens with zero attached hydrogens (tertiary/aromatic N) is 13. The topological polar surface area (TPSA) is 168 Å².